The van der Waals surface area contributed by atoms with Gasteiger partial charge < -0.3 is 10.6 Å². The summed E-state index contributed by atoms with van der Waals surface area (Å²) in [5.74, 6) is 0.921. The Balaban J connectivity index is 1.53. The highest BCUT2D eigenvalue weighted by molar-refractivity contribution is 5.63. The van der Waals surface area contributed by atoms with Crippen LogP contribution in [0.1, 0.15) is 62.1 Å². The molecule has 1 aliphatic rings. The van der Waals surface area contributed by atoms with E-state index in [0.717, 1.165) is 12.6 Å². The van der Waals surface area contributed by atoms with Crippen LogP contribution in [0.25, 0.3) is 0 Å². The second kappa shape index (κ2) is 9.81. The minimum Gasteiger partial charge on any atom is -0.340 e. The summed E-state index contributed by atoms with van der Waals surface area (Å²) < 4.78 is 40.8. The van der Waals surface area contributed by atoms with Crippen LogP contribution in [0.2, 0.25) is 0 Å². The Morgan fingerprint density at radius 1 is 0.909 bits per heavy atom. The molecule has 1 fully saturated rings. The van der Waals surface area contributed by atoms with Crippen molar-refractivity contribution in [2.45, 2.75) is 58.0 Å². The second-order valence-corrected chi connectivity index (χ2v) is 9.10. The van der Waals surface area contributed by atoms with E-state index < -0.39 is 11.7 Å². The molecule has 0 aliphatic heterocycles. The molecule has 2 aromatic carbocycles. The molecule has 0 amide bonds. The monoisotopic (exact) mass is 454 g/mol. The Morgan fingerprint density at radius 2 is 1.52 bits per heavy atom. The number of rotatable bonds is 7. The number of nitrogens with zero attached hydrogens (tertiary/aromatic N) is 2. The van der Waals surface area contributed by atoms with E-state index in [2.05, 4.69) is 34.4 Å². The standard InChI is InChI=1S/C26H29F3N4/c1-17(2)15-18-7-11-22(12-8-18)32-25-30-16-23(26(27,28)29)24(33-25)31-21-13-9-20(10-14-21)19-5-3-4-6-19/h7-14,16-17,19H,3-6,15H2,1-2H3,(H2,30,31,32,33). The van der Waals surface area contributed by atoms with Gasteiger partial charge in [-0.15, -0.1) is 0 Å². The van der Waals surface area contributed by atoms with E-state index in [-0.39, 0.29) is 11.8 Å². The van der Waals surface area contributed by atoms with Gasteiger partial charge in [-0.05, 0) is 66.5 Å². The van der Waals surface area contributed by atoms with Gasteiger partial charge in [0.05, 0.1) is 0 Å². The van der Waals surface area contributed by atoms with Crippen LogP contribution in [0.15, 0.2) is 54.7 Å². The van der Waals surface area contributed by atoms with Crippen molar-refractivity contribution in [3.05, 3.63) is 71.4 Å². The zero-order valence-corrected chi connectivity index (χ0v) is 18.9. The van der Waals surface area contributed by atoms with Gasteiger partial charge >= 0.3 is 6.18 Å². The fourth-order valence-electron chi connectivity index (χ4n) is 4.30. The van der Waals surface area contributed by atoms with E-state index >= 15 is 0 Å². The van der Waals surface area contributed by atoms with E-state index in [9.17, 15) is 13.2 Å². The fourth-order valence-corrected chi connectivity index (χ4v) is 4.30. The number of anilines is 4. The molecule has 3 aromatic rings. The highest BCUT2D eigenvalue weighted by atomic mass is 19.4. The molecule has 7 heteroatoms. The van der Waals surface area contributed by atoms with Crippen molar-refractivity contribution in [2.24, 2.45) is 5.92 Å². The first-order valence-corrected chi connectivity index (χ1v) is 11.4. The summed E-state index contributed by atoms with van der Waals surface area (Å²) in [5, 5.41) is 5.85. The summed E-state index contributed by atoms with van der Waals surface area (Å²) in [7, 11) is 0. The molecule has 4 rings (SSSR count). The van der Waals surface area contributed by atoms with Gasteiger partial charge in [0.2, 0.25) is 5.95 Å². The van der Waals surface area contributed by atoms with Gasteiger partial charge in [0.1, 0.15) is 11.4 Å². The Hall–Kier alpha value is -3.09. The molecule has 1 aromatic heterocycles. The molecule has 0 bridgehead atoms. The zero-order valence-electron chi connectivity index (χ0n) is 18.9. The van der Waals surface area contributed by atoms with Crippen LogP contribution in [0.5, 0.6) is 0 Å². The number of hydrogen-bond donors (Lipinski definition) is 2. The van der Waals surface area contributed by atoms with Gasteiger partial charge in [-0.2, -0.15) is 18.2 Å². The molecule has 0 spiro atoms. The smallest absolute Gasteiger partial charge is 0.340 e. The number of aromatic nitrogens is 2. The molecule has 0 radical (unpaired) electrons. The molecule has 1 heterocycles. The van der Waals surface area contributed by atoms with Crippen LogP contribution in [-0.4, -0.2) is 9.97 Å². The summed E-state index contributed by atoms with van der Waals surface area (Å²) in [6, 6.07) is 15.4. The van der Waals surface area contributed by atoms with Crippen molar-refractivity contribution in [3.63, 3.8) is 0 Å². The summed E-state index contributed by atoms with van der Waals surface area (Å²) in [6.45, 7) is 4.30. The van der Waals surface area contributed by atoms with Crippen molar-refractivity contribution >= 4 is 23.1 Å². The van der Waals surface area contributed by atoms with Gasteiger partial charge in [0, 0.05) is 17.6 Å². The van der Waals surface area contributed by atoms with E-state index in [4.69, 9.17) is 0 Å². The average molecular weight is 455 g/mol. The van der Waals surface area contributed by atoms with E-state index in [1.165, 1.54) is 36.8 Å². The lowest BCUT2D eigenvalue weighted by Gasteiger charge is -2.16. The first-order chi connectivity index (χ1) is 15.8. The summed E-state index contributed by atoms with van der Waals surface area (Å²) >= 11 is 0. The Morgan fingerprint density at radius 3 is 2.12 bits per heavy atom. The SMILES string of the molecule is CC(C)Cc1ccc(Nc2ncc(C(F)(F)F)c(Nc3ccc(C4CCCC4)cc3)n2)cc1. The minimum absolute atomic E-state index is 0.102. The molecule has 33 heavy (non-hydrogen) atoms. The minimum atomic E-state index is -4.57. The summed E-state index contributed by atoms with van der Waals surface area (Å²) in [6.07, 6.45) is 2.02. The van der Waals surface area contributed by atoms with Gasteiger partial charge in [-0.1, -0.05) is 51.0 Å². The second-order valence-electron chi connectivity index (χ2n) is 9.10. The number of benzene rings is 2. The van der Waals surface area contributed by atoms with Gasteiger partial charge in [-0.25, -0.2) is 4.98 Å². The maximum atomic E-state index is 13.6. The van der Waals surface area contributed by atoms with Crippen LogP contribution in [-0.2, 0) is 12.6 Å². The Bertz CT molecular complexity index is 1050. The van der Waals surface area contributed by atoms with Crippen molar-refractivity contribution in [1.29, 1.82) is 0 Å². The highest BCUT2D eigenvalue weighted by Gasteiger charge is 2.35. The number of halogens is 3. The lowest BCUT2D eigenvalue weighted by atomic mass is 9.97. The molecule has 0 atom stereocenters. The topological polar surface area (TPSA) is 49.8 Å². The van der Waals surface area contributed by atoms with Crippen molar-refractivity contribution in [3.8, 4) is 0 Å². The Labute approximate surface area is 192 Å². The van der Waals surface area contributed by atoms with Crippen molar-refractivity contribution < 1.29 is 13.2 Å². The lowest BCUT2D eigenvalue weighted by molar-refractivity contribution is -0.137. The van der Waals surface area contributed by atoms with Gasteiger partial charge in [0.15, 0.2) is 0 Å². The molecule has 174 valence electrons. The molecular formula is C26H29F3N4. The highest BCUT2D eigenvalue weighted by Crippen LogP contribution is 2.37. The third-order valence-corrected chi connectivity index (χ3v) is 5.95. The summed E-state index contributed by atoms with van der Waals surface area (Å²) in [5.41, 5.74) is 2.81. The van der Waals surface area contributed by atoms with Crippen LogP contribution in [0.4, 0.5) is 36.3 Å². The molecule has 0 saturated heterocycles. The number of nitrogens with one attached hydrogen (secondary N) is 2. The van der Waals surface area contributed by atoms with Gasteiger partial charge in [0.25, 0.3) is 0 Å². The number of alkyl halides is 3. The van der Waals surface area contributed by atoms with E-state index in [0.29, 0.717) is 23.2 Å². The maximum absolute atomic E-state index is 13.6. The zero-order chi connectivity index (χ0) is 23.4. The van der Waals surface area contributed by atoms with Crippen molar-refractivity contribution in [2.75, 3.05) is 10.6 Å². The molecule has 2 N–H and O–H groups in total. The van der Waals surface area contributed by atoms with Crippen LogP contribution < -0.4 is 10.6 Å². The van der Waals surface area contributed by atoms with Crippen LogP contribution >= 0.6 is 0 Å². The molecule has 4 nitrogen and oxygen atoms in total. The van der Waals surface area contributed by atoms with Crippen LogP contribution in [0.3, 0.4) is 0 Å². The van der Waals surface area contributed by atoms with E-state index in [1.54, 1.807) is 0 Å². The van der Waals surface area contributed by atoms with Crippen molar-refractivity contribution in [1.82, 2.24) is 9.97 Å². The maximum Gasteiger partial charge on any atom is 0.421 e. The normalized spacial score (nSPS) is 14.6. The summed E-state index contributed by atoms with van der Waals surface area (Å²) in [4.78, 5) is 8.04. The van der Waals surface area contributed by atoms with E-state index in [1.807, 2.05) is 48.5 Å². The lowest BCUT2D eigenvalue weighted by Crippen LogP contribution is -2.12. The largest absolute Gasteiger partial charge is 0.421 e. The van der Waals surface area contributed by atoms with Crippen LogP contribution in [0, 0.1) is 5.92 Å². The molecule has 1 aliphatic carbocycles. The van der Waals surface area contributed by atoms with Gasteiger partial charge in [-0.3, -0.25) is 0 Å². The molecule has 1 saturated carbocycles. The third kappa shape index (κ3) is 6.03. The Kier molecular flexibility index (Phi) is 6.86. The third-order valence-electron chi connectivity index (χ3n) is 5.95. The fraction of sp³-hybridized carbons (Fsp3) is 0.385. The first-order valence-electron chi connectivity index (χ1n) is 11.4. The predicted octanol–water partition coefficient (Wildman–Crippen LogP) is 7.84. The first kappa shape index (κ1) is 23.1. The molecule has 0 unspecified atom stereocenters. The number of hydrogen-bond acceptors (Lipinski definition) is 4. The quantitative estimate of drug-likeness (QED) is 0.382. The predicted molar refractivity (Wildman–Crippen MR) is 126 cm³/mol. The molecular weight excluding hydrogens is 425 g/mol. The average Bonchev–Trinajstić information content (AvgIpc) is 3.30.